The summed E-state index contributed by atoms with van der Waals surface area (Å²) in [6, 6.07) is 11.0. The molecule has 0 aliphatic carbocycles. The average Bonchev–Trinajstić information content (AvgIpc) is 3.38. The van der Waals surface area contributed by atoms with Crippen LogP contribution in [0.3, 0.4) is 0 Å². The highest BCUT2D eigenvalue weighted by Gasteiger charge is 2.28. The fraction of sp³-hybridized carbons (Fsp3) is 0.300. The van der Waals surface area contributed by atoms with E-state index in [0.29, 0.717) is 27.5 Å². The van der Waals surface area contributed by atoms with Crippen molar-refractivity contribution < 1.29 is 4.74 Å². The molecule has 1 fully saturated rings. The molecule has 4 rings (SSSR count). The van der Waals surface area contributed by atoms with Crippen LogP contribution in [0.5, 0.6) is 5.75 Å². The molecule has 1 saturated heterocycles. The molecule has 7 nitrogen and oxygen atoms in total. The van der Waals surface area contributed by atoms with Gasteiger partial charge in [0.1, 0.15) is 10.9 Å². The normalized spacial score (nSPS) is 16.0. The zero-order chi connectivity index (χ0) is 19.5. The quantitative estimate of drug-likeness (QED) is 0.696. The number of anilines is 3. The maximum Gasteiger partial charge on any atom is 0.228 e. The number of thiazole rings is 1. The molecule has 142 valence electrons. The standard InChI is InChI=1S/C20H20N6OS/c1-13-5-7-14(8-6-13)16-4-3-9-26(16)19-22-12-17(27-2)18(24-19)25-20-23-11-15(10-21)28-20/h5-8,11-12,16H,3-4,9H2,1-2H3,(H,22,23,24,25). The van der Waals surface area contributed by atoms with E-state index >= 15 is 0 Å². The van der Waals surface area contributed by atoms with Gasteiger partial charge in [-0.25, -0.2) is 9.97 Å². The van der Waals surface area contributed by atoms with E-state index in [9.17, 15) is 0 Å². The molecule has 28 heavy (non-hydrogen) atoms. The van der Waals surface area contributed by atoms with Gasteiger partial charge in [0.15, 0.2) is 16.7 Å². The lowest BCUT2D eigenvalue weighted by Gasteiger charge is -2.25. The first-order valence-electron chi connectivity index (χ1n) is 9.05. The summed E-state index contributed by atoms with van der Waals surface area (Å²) in [6.45, 7) is 3.00. The van der Waals surface area contributed by atoms with Crippen LogP contribution in [-0.2, 0) is 0 Å². The molecule has 1 unspecified atom stereocenters. The van der Waals surface area contributed by atoms with E-state index in [2.05, 4.69) is 57.4 Å². The topological polar surface area (TPSA) is 87.0 Å². The first-order chi connectivity index (χ1) is 13.7. The molecule has 2 aromatic heterocycles. The van der Waals surface area contributed by atoms with Crippen molar-refractivity contribution in [3.63, 3.8) is 0 Å². The van der Waals surface area contributed by atoms with E-state index in [0.717, 1.165) is 19.4 Å². The Morgan fingerprint density at radius 2 is 2.07 bits per heavy atom. The minimum absolute atomic E-state index is 0.256. The van der Waals surface area contributed by atoms with Gasteiger partial charge in [-0.3, -0.25) is 0 Å². The van der Waals surface area contributed by atoms with Crippen molar-refractivity contribution in [2.75, 3.05) is 23.9 Å². The molecule has 3 heterocycles. The second-order valence-corrected chi connectivity index (χ2v) is 7.65. The average molecular weight is 392 g/mol. The van der Waals surface area contributed by atoms with Crippen molar-refractivity contribution in [1.29, 1.82) is 5.26 Å². The third-order valence-electron chi connectivity index (χ3n) is 4.78. The summed E-state index contributed by atoms with van der Waals surface area (Å²) in [5, 5.41) is 12.7. The summed E-state index contributed by atoms with van der Waals surface area (Å²) >= 11 is 1.27. The van der Waals surface area contributed by atoms with E-state index in [1.807, 2.05) is 0 Å². The van der Waals surface area contributed by atoms with Gasteiger partial charge in [0.2, 0.25) is 5.95 Å². The predicted octanol–water partition coefficient (Wildman–Crippen LogP) is 4.21. The highest BCUT2D eigenvalue weighted by atomic mass is 32.1. The van der Waals surface area contributed by atoms with Gasteiger partial charge in [-0.05, 0) is 25.3 Å². The van der Waals surface area contributed by atoms with Crippen molar-refractivity contribution in [3.05, 3.63) is 52.7 Å². The summed E-state index contributed by atoms with van der Waals surface area (Å²) in [5.74, 6) is 1.73. The second-order valence-electron chi connectivity index (χ2n) is 6.62. The Morgan fingerprint density at radius 3 is 2.79 bits per heavy atom. The number of nitriles is 1. The molecule has 8 heteroatoms. The van der Waals surface area contributed by atoms with E-state index in [1.165, 1.54) is 28.7 Å². The zero-order valence-electron chi connectivity index (χ0n) is 15.7. The smallest absolute Gasteiger partial charge is 0.228 e. The SMILES string of the molecule is COc1cnc(N2CCCC2c2ccc(C)cc2)nc1Nc1ncc(C#N)s1. The van der Waals surface area contributed by atoms with E-state index < -0.39 is 0 Å². The Balaban J connectivity index is 1.63. The van der Waals surface area contributed by atoms with Gasteiger partial charge in [0.05, 0.1) is 25.5 Å². The predicted molar refractivity (Wildman–Crippen MR) is 109 cm³/mol. The first-order valence-corrected chi connectivity index (χ1v) is 9.87. The lowest BCUT2D eigenvalue weighted by molar-refractivity contribution is 0.413. The summed E-state index contributed by atoms with van der Waals surface area (Å²) in [6.07, 6.45) is 5.37. The number of methoxy groups -OCH3 is 1. The molecule has 3 aromatic rings. The maximum atomic E-state index is 9.00. The number of hydrogen-bond acceptors (Lipinski definition) is 8. The van der Waals surface area contributed by atoms with Crippen molar-refractivity contribution in [2.45, 2.75) is 25.8 Å². The van der Waals surface area contributed by atoms with E-state index in [-0.39, 0.29) is 6.04 Å². The third kappa shape index (κ3) is 3.62. The number of nitrogens with one attached hydrogen (secondary N) is 1. The highest BCUT2D eigenvalue weighted by molar-refractivity contribution is 7.16. The number of benzene rings is 1. The van der Waals surface area contributed by atoms with Crippen molar-refractivity contribution in [2.24, 2.45) is 0 Å². The Kier molecular flexibility index (Phi) is 5.08. The Hall–Kier alpha value is -3.18. The number of aryl methyl sites for hydroxylation is 1. The molecule has 0 bridgehead atoms. The van der Waals surface area contributed by atoms with Crippen LogP contribution in [0.15, 0.2) is 36.7 Å². The summed E-state index contributed by atoms with van der Waals surface area (Å²) in [4.78, 5) is 16.2. The molecular weight excluding hydrogens is 372 g/mol. The lowest BCUT2D eigenvalue weighted by atomic mass is 10.0. The van der Waals surface area contributed by atoms with Crippen LogP contribution in [-0.4, -0.2) is 28.6 Å². The number of rotatable bonds is 5. The number of nitrogens with zero attached hydrogens (tertiary/aromatic N) is 5. The number of hydrogen-bond donors (Lipinski definition) is 1. The minimum Gasteiger partial charge on any atom is -0.491 e. The molecular formula is C20H20N6OS. The van der Waals surface area contributed by atoms with Crippen LogP contribution in [0.2, 0.25) is 0 Å². The largest absolute Gasteiger partial charge is 0.491 e. The van der Waals surface area contributed by atoms with Gasteiger partial charge < -0.3 is 15.0 Å². The van der Waals surface area contributed by atoms with E-state index in [1.54, 1.807) is 13.3 Å². The van der Waals surface area contributed by atoms with Crippen molar-refractivity contribution in [1.82, 2.24) is 15.0 Å². The summed E-state index contributed by atoms with van der Waals surface area (Å²) in [7, 11) is 1.58. The third-order valence-corrected chi connectivity index (χ3v) is 5.59. The molecule has 1 aliphatic rings. The molecule has 0 radical (unpaired) electrons. The maximum absolute atomic E-state index is 9.00. The van der Waals surface area contributed by atoms with Gasteiger partial charge in [-0.15, -0.1) is 0 Å². The van der Waals surface area contributed by atoms with Gasteiger partial charge in [-0.2, -0.15) is 10.2 Å². The Labute approximate surface area is 167 Å². The van der Waals surface area contributed by atoms with E-state index in [4.69, 9.17) is 15.0 Å². The van der Waals surface area contributed by atoms with Crippen LogP contribution in [0.4, 0.5) is 16.9 Å². The molecule has 1 aliphatic heterocycles. The molecule has 1 N–H and O–H groups in total. The van der Waals surface area contributed by atoms with Crippen LogP contribution >= 0.6 is 11.3 Å². The van der Waals surface area contributed by atoms with Crippen LogP contribution in [0.1, 0.15) is 34.9 Å². The van der Waals surface area contributed by atoms with Crippen molar-refractivity contribution in [3.8, 4) is 11.8 Å². The second kappa shape index (κ2) is 7.82. The van der Waals surface area contributed by atoms with Crippen molar-refractivity contribution >= 4 is 28.2 Å². The fourth-order valence-corrected chi connectivity index (χ4v) is 3.98. The van der Waals surface area contributed by atoms with Gasteiger partial charge in [-0.1, -0.05) is 41.2 Å². The molecule has 1 atom stereocenters. The molecule has 0 spiro atoms. The number of ether oxygens (including phenoxy) is 1. The highest BCUT2D eigenvalue weighted by Crippen LogP contribution is 2.36. The van der Waals surface area contributed by atoms with Crippen LogP contribution in [0.25, 0.3) is 0 Å². The minimum atomic E-state index is 0.256. The molecule has 1 aromatic carbocycles. The Morgan fingerprint density at radius 1 is 1.25 bits per heavy atom. The first kappa shape index (κ1) is 18.2. The Bertz CT molecular complexity index is 1010. The van der Waals surface area contributed by atoms with Gasteiger partial charge in [0, 0.05) is 6.54 Å². The lowest BCUT2D eigenvalue weighted by Crippen LogP contribution is -2.25. The van der Waals surface area contributed by atoms with Crippen LogP contribution < -0.4 is 15.0 Å². The summed E-state index contributed by atoms with van der Waals surface area (Å²) < 4.78 is 5.40. The molecule has 0 saturated carbocycles. The monoisotopic (exact) mass is 392 g/mol. The molecule has 0 amide bonds. The van der Waals surface area contributed by atoms with Gasteiger partial charge >= 0.3 is 0 Å². The fourth-order valence-electron chi connectivity index (χ4n) is 3.36. The van der Waals surface area contributed by atoms with Gasteiger partial charge in [0.25, 0.3) is 0 Å². The summed E-state index contributed by atoms with van der Waals surface area (Å²) in [5.41, 5.74) is 2.52. The number of aromatic nitrogens is 3. The zero-order valence-corrected chi connectivity index (χ0v) is 16.5. The van der Waals surface area contributed by atoms with Crippen LogP contribution in [0, 0.1) is 18.3 Å².